The minimum Gasteiger partial charge on any atom is -0.454 e. The number of ether oxygens (including phenoxy) is 2. The van der Waals surface area contributed by atoms with E-state index in [1.54, 1.807) is 19.1 Å². The number of rotatable bonds is 9. The van der Waals surface area contributed by atoms with E-state index in [0.29, 0.717) is 23.0 Å². The molecule has 1 atom stereocenters. The summed E-state index contributed by atoms with van der Waals surface area (Å²) < 4.78 is 9.95. The van der Waals surface area contributed by atoms with Gasteiger partial charge in [-0.2, -0.15) is 0 Å². The van der Waals surface area contributed by atoms with E-state index in [1.807, 2.05) is 6.07 Å². The lowest BCUT2D eigenvalue weighted by molar-refractivity contribution is -0.158. The average Bonchev–Trinajstić information content (AvgIpc) is 2.54. The van der Waals surface area contributed by atoms with Crippen LogP contribution in [-0.4, -0.2) is 37.7 Å². The fourth-order valence-corrected chi connectivity index (χ4v) is 2.08. The first-order valence-electron chi connectivity index (χ1n) is 7.04. The monoisotopic (exact) mass is 359 g/mol. The van der Waals surface area contributed by atoms with Crippen LogP contribution in [0, 0.1) is 0 Å². The Kier molecular flexibility index (Phi) is 8.69. The first-order chi connectivity index (χ1) is 11.0. The zero-order valence-corrected chi connectivity index (χ0v) is 14.3. The molecule has 1 unspecified atom stereocenters. The molecule has 0 radical (unpaired) electrons. The summed E-state index contributed by atoms with van der Waals surface area (Å²) >= 11 is 12.0. The van der Waals surface area contributed by atoms with Crippen molar-refractivity contribution < 1.29 is 19.1 Å². The van der Waals surface area contributed by atoms with Gasteiger partial charge in [-0.25, -0.2) is 4.79 Å². The van der Waals surface area contributed by atoms with Crippen molar-refractivity contribution in [2.75, 3.05) is 19.8 Å². The van der Waals surface area contributed by atoms with Gasteiger partial charge in [-0.3, -0.25) is 4.79 Å². The maximum Gasteiger partial charge on any atom is 0.335 e. The van der Waals surface area contributed by atoms with Crippen LogP contribution >= 0.6 is 23.2 Å². The van der Waals surface area contributed by atoms with E-state index in [0.717, 1.165) is 5.56 Å². The summed E-state index contributed by atoms with van der Waals surface area (Å²) in [6.45, 7) is 5.27. The maximum absolute atomic E-state index is 11.6. The van der Waals surface area contributed by atoms with E-state index in [9.17, 15) is 9.59 Å². The second-order valence-electron chi connectivity index (χ2n) is 4.68. The van der Waals surface area contributed by atoms with Gasteiger partial charge < -0.3 is 14.8 Å². The topological polar surface area (TPSA) is 64.6 Å². The van der Waals surface area contributed by atoms with Gasteiger partial charge in [0.2, 0.25) is 0 Å². The molecule has 1 aromatic carbocycles. The number of hydrogen-bond donors (Lipinski definition) is 1. The molecule has 126 valence electrons. The molecule has 0 aliphatic carbocycles. The Morgan fingerprint density at radius 3 is 2.83 bits per heavy atom. The lowest BCUT2D eigenvalue weighted by atomic mass is 10.1. The van der Waals surface area contributed by atoms with Crippen molar-refractivity contribution in [2.45, 2.75) is 19.4 Å². The molecule has 7 heteroatoms. The Morgan fingerprint density at radius 1 is 1.39 bits per heavy atom. The number of halogens is 2. The molecule has 1 rings (SSSR count). The Morgan fingerprint density at radius 2 is 2.13 bits per heavy atom. The zero-order valence-electron chi connectivity index (χ0n) is 12.8. The molecule has 0 aliphatic heterocycles. The number of carbonyl (C=O) groups is 2. The predicted molar refractivity (Wildman–Crippen MR) is 89.7 cm³/mol. The van der Waals surface area contributed by atoms with Gasteiger partial charge in [-0.1, -0.05) is 41.4 Å². The first kappa shape index (κ1) is 19.5. The molecule has 5 nitrogen and oxygen atoms in total. The van der Waals surface area contributed by atoms with E-state index in [1.165, 1.54) is 6.08 Å². The molecule has 0 saturated heterocycles. The maximum atomic E-state index is 11.6. The molecule has 0 aliphatic rings. The molecule has 0 fully saturated rings. The van der Waals surface area contributed by atoms with Gasteiger partial charge in [0.1, 0.15) is 0 Å². The van der Waals surface area contributed by atoms with E-state index < -0.39 is 18.0 Å². The SMILES string of the molecule is C=CCOC(C)C(=O)OCC(=O)NCCc1cccc(Cl)c1Cl. The lowest BCUT2D eigenvalue weighted by Gasteiger charge is -2.11. The van der Waals surface area contributed by atoms with Crippen molar-refractivity contribution in [1.29, 1.82) is 0 Å². The quantitative estimate of drug-likeness (QED) is 0.543. The largest absolute Gasteiger partial charge is 0.454 e. The van der Waals surface area contributed by atoms with Crippen LogP contribution in [0.3, 0.4) is 0 Å². The highest BCUT2D eigenvalue weighted by atomic mass is 35.5. The fraction of sp³-hybridized carbons (Fsp3) is 0.375. The van der Waals surface area contributed by atoms with Gasteiger partial charge in [-0.15, -0.1) is 6.58 Å². The molecule has 1 amide bonds. The zero-order chi connectivity index (χ0) is 17.2. The van der Waals surface area contributed by atoms with Crippen molar-refractivity contribution in [1.82, 2.24) is 5.32 Å². The number of carbonyl (C=O) groups excluding carboxylic acids is 2. The number of esters is 1. The summed E-state index contributed by atoms with van der Waals surface area (Å²) in [5, 5.41) is 3.59. The molecule has 0 aromatic heterocycles. The van der Waals surface area contributed by atoms with Gasteiger partial charge in [-0.05, 0) is 25.0 Å². The molecular weight excluding hydrogens is 341 g/mol. The molecule has 0 spiro atoms. The third kappa shape index (κ3) is 7.03. The van der Waals surface area contributed by atoms with Crippen LogP contribution in [0.4, 0.5) is 0 Å². The van der Waals surface area contributed by atoms with Crippen LogP contribution in [0.25, 0.3) is 0 Å². The Bertz CT molecular complexity index is 563. The van der Waals surface area contributed by atoms with E-state index in [2.05, 4.69) is 11.9 Å². The third-order valence-electron chi connectivity index (χ3n) is 2.89. The summed E-state index contributed by atoms with van der Waals surface area (Å²) in [5.74, 6) is -0.993. The second-order valence-corrected chi connectivity index (χ2v) is 5.47. The Labute approximate surface area is 145 Å². The van der Waals surface area contributed by atoms with Gasteiger partial charge >= 0.3 is 5.97 Å². The molecular formula is C16H19Cl2NO4. The van der Waals surface area contributed by atoms with Crippen LogP contribution in [0.1, 0.15) is 12.5 Å². The smallest absolute Gasteiger partial charge is 0.335 e. The van der Waals surface area contributed by atoms with Crippen LogP contribution in [0.2, 0.25) is 10.0 Å². The summed E-state index contributed by atoms with van der Waals surface area (Å²) in [6, 6.07) is 5.32. The van der Waals surface area contributed by atoms with Crippen molar-refractivity contribution in [3.05, 3.63) is 46.5 Å². The highest BCUT2D eigenvalue weighted by Crippen LogP contribution is 2.25. The fourth-order valence-electron chi connectivity index (χ4n) is 1.66. The van der Waals surface area contributed by atoms with Gasteiger partial charge in [0.25, 0.3) is 5.91 Å². The number of hydrogen-bond acceptors (Lipinski definition) is 4. The standard InChI is InChI=1S/C16H19Cl2NO4/c1-3-9-22-11(2)16(21)23-10-14(20)19-8-7-12-5-4-6-13(17)15(12)18/h3-6,11H,1,7-10H2,2H3,(H,19,20). The summed E-state index contributed by atoms with van der Waals surface area (Å²) in [7, 11) is 0. The van der Waals surface area contributed by atoms with Gasteiger partial charge in [0, 0.05) is 6.54 Å². The third-order valence-corrected chi connectivity index (χ3v) is 3.75. The molecule has 1 aromatic rings. The minimum atomic E-state index is -0.744. The lowest BCUT2D eigenvalue weighted by Crippen LogP contribution is -2.33. The summed E-state index contributed by atoms with van der Waals surface area (Å²) in [6.07, 6.45) is 1.31. The Hall–Kier alpha value is -1.56. The van der Waals surface area contributed by atoms with Gasteiger partial charge in [0.05, 0.1) is 16.7 Å². The van der Waals surface area contributed by atoms with Crippen LogP contribution in [-0.2, 0) is 25.5 Å². The van der Waals surface area contributed by atoms with Crippen molar-refractivity contribution in [2.24, 2.45) is 0 Å². The first-order valence-corrected chi connectivity index (χ1v) is 7.80. The van der Waals surface area contributed by atoms with E-state index in [-0.39, 0.29) is 13.2 Å². The molecule has 0 saturated carbocycles. The molecule has 23 heavy (non-hydrogen) atoms. The van der Waals surface area contributed by atoms with Crippen molar-refractivity contribution in [3.8, 4) is 0 Å². The van der Waals surface area contributed by atoms with E-state index in [4.69, 9.17) is 32.7 Å². The average molecular weight is 360 g/mol. The highest BCUT2D eigenvalue weighted by molar-refractivity contribution is 6.42. The van der Waals surface area contributed by atoms with Crippen LogP contribution in [0.5, 0.6) is 0 Å². The van der Waals surface area contributed by atoms with Crippen LogP contribution < -0.4 is 5.32 Å². The molecule has 1 N–H and O–H groups in total. The number of benzene rings is 1. The number of amides is 1. The van der Waals surface area contributed by atoms with E-state index >= 15 is 0 Å². The van der Waals surface area contributed by atoms with Crippen molar-refractivity contribution >= 4 is 35.1 Å². The summed E-state index contributed by atoms with van der Waals surface area (Å²) in [4.78, 5) is 23.2. The van der Waals surface area contributed by atoms with Crippen LogP contribution in [0.15, 0.2) is 30.9 Å². The Balaban J connectivity index is 2.28. The predicted octanol–water partition coefficient (Wildman–Crippen LogP) is 2.79. The minimum absolute atomic E-state index is 0.239. The summed E-state index contributed by atoms with van der Waals surface area (Å²) in [5.41, 5.74) is 0.836. The molecule has 0 heterocycles. The van der Waals surface area contributed by atoms with Gasteiger partial charge in [0.15, 0.2) is 12.7 Å². The normalized spacial score (nSPS) is 11.6. The number of nitrogens with one attached hydrogen (secondary N) is 1. The molecule has 0 bridgehead atoms. The second kappa shape index (κ2) is 10.3. The van der Waals surface area contributed by atoms with Crippen molar-refractivity contribution in [3.63, 3.8) is 0 Å². The highest BCUT2D eigenvalue weighted by Gasteiger charge is 2.15.